The van der Waals surface area contributed by atoms with E-state index in [1.807, 2.05) is 31.2 Å². The third kappa shape index (κ3) is 4.19. The first-order valence-corrected chi connectivity index (χ1v) is 11.1. The first-order chi connectivity index (χ1) is 16.8. The van der Waals surface area contributed by atoms with Crippen molar-refractivity contribution in [2.45, 2.75) is 26.8 Å². The molecule has 1 aliphatic heterocycles. The van der Waals surface area contributed by atoms with Crippen LogP contribution in [-0.4, -0.2) is 16.2 Å². The van der Waals surface area contributed by atoms with Gasteiger partial charge < -0.3 is 9.84 Å². The molecule has 8 heteroatoms. The van der Waals surface area contributed by atoms with Crippen molar-refractivity contribution >= 4 is 17.3 Å². The van der Waals surface area contributed by atoms with Crippen LogP contribution in [0.5, 0.6) is 0 Å². The molecule has 0 saturated heterocycles. The van der Waals surface area contributed by atoms with Crippen LogP contribution in [-0.2, 0) is 0 Å². The van der Waals surface area contributed by atoms with Gasteiger partial charge in [0.05, 0.1) is 17.3 Å². The Morgan fingerprint density at radius 1 is 0.971 bits per heavy atom. The molecule has 1 atom stereocenters. The van der Waals surface area contributed by atoms with E-state index in [1.165, 1.54) is 29.2 Å². The van der Waals surface area contributed by atoms with E-state index in [-0.39, 0.29) is 17.5 Å². The van der Waals surface area contributed by atoms with Gasteiger partial charge in [-0.3, -0.25) is 4.90 Å². The van der Waals surface area contributed by atoms with Crippen molar-refractivity contribution in [2.24, 2.45) is 0 Å². The van der Waals surface area contributed by atoms with E-state index in [0.29, 0.717) is 33.9 Å². The lowest BCUT2D eigenvalue weighted by molar-refractivity contribution is 0.244. The number of nitrogens with one attached hydrogen (secondary N) is 1. The molecule has 3 aromatic carbocycles. The van der Waals surface area contributed by atoms with Crippen molar-refractivity contribution in [3.05, 3.63) is 107 Å². The second-order valence-corrected chi connectivity index (χ2v) is 8.49. The van der Waals surface area contributed by atoms with E-state index in [1.54, 1.807) is 32.0 Å². The maximum atomic E-state index is 13.9. The van der Waals surface area contributed by atoms with E-state index in [2.05, 4.69) is 15.5 Å². The quantitative estimate of drug-likeness (QED) is 0.377. The number of rotatable bonds is 4. The summed E-state index contributed by atoms with van der Waals surface area (Å²) < 4.78 is 33.2. The molecular formula is C27H22F2N4O2. The van der Waals surface area contributed by atoms with Crippen LogP contribution in [0.2, 0.25) is 0 Å². The largest absolute Gasteiger partial charge is 0.334 e. The highest BCUT2D eigenvalue weighted by atomic mass is 19.1. The van der Waals surface area contributed by atoms with Gasteiger partial charge in [0.1, 0.15) is 11.6 Å². The number of aryl methyl sites for hydroxylation is 2. The second-order valence-electron chi connectivity index (χ2n) is 8.49. The van der Waals surface area contributed by atoms with Crippen LogP contribution in [0.3, 0.4) is 0 Å². The van der Waals surface area contributed by atoms with Gasteiger partial charge in [0.2, 0.25) is 5.82 Å². The average Bonchev–Trinajstić information content (AvgIpc) is 3.31. The Bertz CT molecular complexity index is 1460. The fourth-order valence-electron chi connectivity index (χ4n) is 4.24. The van der Waals surface area contributed by atoms with Crippen molar-refractivity contribution in [2.75, 3.05) is 4.90 Å². The van der Waals surface area contributed by atoms with Crippen LogP contribution >= 0.6 is 0 Å². The van der Waals surface area contributed by atoms with Crippen LogP contribution in [0.1, 0.15) is 35.5 Å². The summed E-state index contributed by atoms with van der Waals surface area (Å²) in [5.41, 5.74) is 4.49. The summed E-state index contributed by atoms with van der Waals surface area (Å²) >= 11 is 0. The van der Waals surface area contributed by atoms with Gasteiger partial charge >= 0.3 is 6.03 Å². The summed E-state index contributed by atoms with van der Waals surface area (Å²) in [6.07, 6.45) is 0. The minimum absolute atomic E-state index is 0.220. The van der Waals surface area contributed by atoms with Crippen LogP contribution < -0.4 is 10.2 Å². The number of amides is 2. The third-order valence-electron chi connectivity index (χ3n) is 6.02. The molecule has 6 nitrogen and oxygen atoms in total. The molecule has 35 heavy (non-hydrogen) atoms. The normalized spacial score (nSPS) is 16.0. The Morgan fingerprint density at radius 3 is 2.46 bits per heavy atom. The number of anilines is 1. The lowest BCUT2D eigenvalue weighted by Gasteiger charge is -2.35. The van der Waals surface area contributed by atoms with E-state index < -0.39 is 12.1 Å². The molecule has 0 radical (unpaired) electrons. The summed E-state index contributed by atoms with van der Waals surface area (Å²) in [6.45, 7) is 5.37. The molecule has 4 aromatic rings. The minimum atomic E-state index is -0.660. The first-order valence-electron chi connectivity index (χ1n) is 11.1. The number of allylic oxidation sites excluding steroid dienone is 1. The highest BCUT2D eigenvalue weighted by Crippen LogP contribution is 2.39. The summed E-state index contributed by atoms with van der Waals surface area (Å²) in [5, 5.41) is 7.12. The summed E-state index contributed by atoms with van der Waals surface area (Å²) in [4.78, 5) is 19.3. The van der Waals surface area contributed by atoms with Gasteiger partial charge in [-0.05, 0) is 68.3 Å². The summed E-state index contributed by atoms with van der Waals surface area (Å²) in [5.74, 6) is -0.127. The van der Waals surface area contributed by atoms with Crippen LogP contribution in [0, 0.1) is 25.5 Å². The van der Waals surface area contributed by atoms with Gasteiger partial charge in [0, 0.05) is 11.3 Å². The van der Waals surface area contributed by atoms with Crippen LogP contribution in [0.4, 0.5) is 19.3 Å². The molecule has 1 aliphatic rings. The molecule has 176 valence electrons. The highest BCUT2D eigenvalue weighted by molar-refractivity contribution is 6.01. The summed E-state index contributed by atoms with van der Waals surface area (Å²) in [6, 6.07) is 17.0. The number of urea groups is 1. The SMILES string of the molecule is CC1=C(c2nc(-c3cccc(C)c3)no2)C(c2ccc(F)cc2)NC(=O)N1c1ccc(F)c(C)c1. The van der Waals surface area contributed by atoms with E-state index in [0.717, 1.165) is 11.1 Å². The molecule has 1 N–H and O–H groups in total. The Balaban J connectivity index is 1.66. The predicted octanol–water partition coefficient (Wildman–Crippen LogP) is 6.33. The molecule has 0 spiro atoms. The highest BCUT2D eigenvalue weighted by Gasteiger charge is 2.36. The fourth-order valence-corrected chi connectivity index (χ4v) is 4.24. The van der Waals surface area contributed by atoms with Gasteiger partial charge in [-0.1, -0.05) is 41.1 Å². The Hall–Kier alpha value is -4.33. The first kappa shape index (κ1) is 22.5. The van der Waals surface area contributed by atoms with Gasteiger partial charge in [-0.2, -0.15) is 4.98 Å². The van der Waals surface area contributed by atoms with Crippen molar-refractivity contribution in [3.8, 4) is 11.4 Å². The number of carbonyl (C=O) groups is 1. The van der Waals surface area contributed by atoms with Gasteiger partial charge in [0.25, 0.3) is 5.89 Å². The maximum absolute atomic E-state index is 13.9. The number of hydrogen-bond donors (Lipinski definition) is 1. The van der Waals surface area contributed by atoms with E-state index >= 15 is 0 Å². The molecule has 2 heterocycles. The van der Waals surface area contributed by atoms with Gasteiger partial charge in [0.15, 0.2) is 0 Å². The minimum Gasteiger partial charge on any atom is -0.334 e. The van der Waals surface area contributed by atoms with E-state index in [4.69, 9.17) is 4.52 Å². The van der Waals surface area contributed by atoms with Crippen molar-refractivity contribution in [1.29, 1.82) is 0 Å². The molecule has 2 amide bonds. The maximum Gasteiger partial charge on any atom is 0.326 e. The zero-order chi connectivity index (χ0) is 24.7. The van der Waals surface area contributed by atoms with Gasteiger partial charge in [-0.25, -0.2) is 13.6 Å². The molecule has 0 aliphatic carbocycles. The number of nitrogens with zero attached hydrogens (tertiary/aromatic N) is 3. The lowest BCUT2D eigenvalue weighted by Crippen LogP contribution is -2.46. The van der Waals surface area contributed by atoms with Crippen molar-refractivity contribution < 1.29 is 18.1 Å². The molecular weight excluding hydrogens is 450 g/mol. The monoisotopic (exact) mass is 472 g/mol. The predicted molar refractivity (Wildman–Crippen MR) is 128 cm³/mol. The summed E-state index contributed by atoms with van der Waals surface area (Å²) in [7, 11) is 0. The smallest absolute Gasteiger partial charge is 0.326 e. The van der Waals surface area contributed by atoms with Crippen molar-refractivity contribution in [1.82, 2.24) is 15.5 Å². The number of benzene rings is 3. The number of hydrogen-bond acceptors (Lipinski definition) is 4. The van der Waals surface area contributed by atoms with E-state index in [9.17, 15) is 13.6 Å². The molecule has 1 unspecified atom stereocenters. The molecule has 1 aromatic heterocycles. The molecule has 5 rings (SSSR count). The van der Waals surface area contributed by atoms with Crippen LogP contribution in [0.25, 0.3) is 17.0 Å². The number of aromatic nitrogens is 2. The number of halogens is 2. The van der Waals surface area contributed by atoms with Crippen molar-refractivity contribution in [3.63, 3.8) is 0 Å². The molecule has 0 bridgehead atoms. The van der Waals surface area contributed by atoms with Gasteiger partial charge in [-0.15, -0.1) is 0 Å². The molecule has 0 saturated carbocycles. The topological polar surface area (TPSA) is 71.3 Å². The lowest BCUT2D eigenvalue weighted by atomic mass is 9.94. The fraction of sp³-hybridized carbons (Fsp3) is 0.148. The Kier molecular flexibility index (Phi) is 5.64. The zero-order valence-corrected chi connectivity index (χ0v) is 19.3. The molecule has 0 fully saturated rings. The standard InChI is InChI=1S/C27H22F2N4O2/c1-15-5-4-6-19(13-15)25-31-26(35-32-25)23-17(3)33(21-11-12-22(29)16(2)14-21)27(34)30-24(23)18-7-9-20(28)10-8-18/h4-14,24H,1-3H3,(H,30,34). The number of carbonyl (C=O) groups excluding carboxylic acids is 1. The third-order valence-corrected chi connectivity index (χ3v) is 6.02. The average molecular weight is 472 g/mol. The Morgan fingerprint density at radius 2 is 1.74 bits per heavy atom. The Labute approximate surface area is 200 Å². The van der Waals surface area contributed by atoms with Crippen LogP contribution in [0.15, 0.2) is 77.0 Å². The second kappa shape index (κ2) is 8.79. The zero-order valence-electron chi connectivity index (χ0n) is 19.3.